The fourth-order valence-electron chi connectivity index (χ4n) is 1.52. The maximum Gasteiger partial charge on any atom is 0.240 e. The van der Waals surface area contributed by atoms with Crippen molar-refractivity contribution in [1.82, 2.24) is 0 Å². The molecule has 2 N–H and O–H groups in total. The largest absolute Gasteiger partial charge is 0.371 e. The van der Waals surface area contributed by atoms with Crippen molar-refractivity contribution in [3.8, 4) is 0 Å². The van der Waals surface area contributed by atoms with Crippen LogP contribution in [0.25, 0.3) is 0 Å². The summed E-state index contributed by atoms with van der Waals surface area (Å²) in [4.78, 5) is 2.15. The lowest BCUT2D eigenvalue weighted by molar-refractivity contribution is 0.597. The molecule has 0 radical (unpaired) electrons. The Bertz CT molecular complexity index is 425. The molecule has 0 atom stereocenters. The van der Waals surface area contributed by atoms with E-state index in [0.29, 0.717) is 5.69 Å². The first-order valence-electron chi connectivity index (χ1n) is 4.87. The summed E-state index contributed by atoms with van der Waals surface area (Å²) in [6.45, 7) is 5.46. The van der Waals surface area contributed by atoms with Crippen LogP contribution < -0.4 is 10.0 Å². The van der Waals surface area contributed by atoms with Gasteiger partial charge in [0.2, 0.25) is 10.0 Å². The van der Waals surface area contributed by atoms with Crippen molar-refractivity contribution >= 4 is 15.7 Å². The molecule has 1 aromatic rings. The molecule has 0 aromatic heterocycles. The van der Waals surface area contributed by atoms with Crippen LogP contribution in [0.3, 0.4) is 0 Å². The number of hydrogen-bond donors (Lipinski definition) is 1. The van der Waals surface area contributed by atoms with Gasteiger partial charge < -0.3 is 4.90 Å². The number of nitrogens with two attached hydrogens (primary N) is 1. The van der Waals surface area contributed by atoms with Gasteiger partial charge in [-0.3, -0.25) is 0 Å². The van der Waals surface area contributed by atoms with Crippen molar-refractivity contribution in [2.45, 2.75) is 18.7 Å². The Labute approximate surface area is 90.8 Å². The van der Waals surface area contributed by atoms with Gasteiger partial charge in [0.1, 0.15) is 4.90 Å². The number of rotatable bonds is 4. The molecule has 0 heterocycles. The second kappa shape index (κ2) is 4.63. The number of sulfonamides is 1. The molecule has 84 valence electrons. The van der Waals surface area contributed by atoms with E-state index in [1.54, 1.807) is 12.1 Å². The Morgan fingerprint density at radius 1 is 1.20 bits per heavy atom. The molecular weight excluding hydrogens is 212 g/mol. The molecule has 0 aliphatic rings. The number of hydrogen-bond acceptors (Lipinski definition) is 3. The summed E-state index contributed by atoms with van der Waals surface area (Å²) in [5.74, 6) is 0. The molecule has 0 amide bonds. The molecule has 0 saturated carbocycles. The maximum absolute atomic E-state index is 11.3. The van der Waals surface area contributed by atoms with Gasteiger partial charge in [0.05, 0.1) is 5.69 Å². The standard InChI is InChI=1S/C10H16N2O2S/c1-3-12(4-2)9-7-5-6-8-10(9)15(11,13)14/h5-8H,3-4H2,1-2H3,(H2,11,13,14). The van der Waals surface area contributed by atoms with Crippen LogP contribution in [-0.4, -0.2) is 21.5 Å². The van der Waals surface area contributed by atoms with Gasteiger partial charge in [-0.15, -0.1) is 0 Å². The van der Waals surface area contributed by atoms with Gasteiger partial charge >= 0.3 is 0 Å². The van der Waals surface area contributed by atoms with Crippen molar-refractivity contribution in [3.05, 3.63) is 24.3 Å². The van der Waals surface area contributed by atoms with Crippen LogP contribution in [0.2, 0.25) is 0 Å². The summed E-state index contributed by atoms with van der Waals surface area (Å²) in [6.07, 6.45) is 0. The van der Waals surface area contributed by atoms with Gasteiger partial charge in [-0.1, -0.05) is 12.1 Å². The van der Waals surface area contributed by atoms with Crippen LogP contribution in [0.4, 0.5) is 5.69 Å². The normalized spacial score (nSPS) is 11.4. The first-order chi connectivity index (χ1) is 7.00. The lowest BCUT2D eigenvalue weighted by Gasteiger charge is -2.23. The molecule has 5 heteroatoms. The number of nitrogens with zero attached hydrogens (tertiary/aromatic N) is 1. The van der Waals surface area contributed by atoms with Crippen LogP contribution >= 0.6 is 0 Å². The minimum atomic E-state index is -3.64. The van der Waals surface area contributed by atoms with E-state index in [1.807, 2.05) is 24.8 Å². The molecule has 0 spiro atoms. The molecule has 0 fully saturated rings. The Hall–Kier alpha value is -1.07. The molecule has 0 unspecified atom stereocenters. The SMILES string of the molecule is CCN(CC)c1ccccc1S(N)(=O)=O. The summed E-state index contributed by atoms with van der Waals surface area (Å²) in [7, 11) is -3.64. The minimum Gasteiger partial charge on any atom is -0.371 e. The zero-order valence-corrected chi connectivity index (χ0v) is 9.79. The molecule has 4 nitrogen and oxygen atoms in total. The number of anilines is 1. The van der Waals surface area contributed by atoms with Crippen molar-refractivity contribution in [1.29, 1.82) is 0 Å². The fourth-order valence-corrected chi connectivity index (χ4v) is 2.28. The molecule has 0 aliphatic heterocycles. The third-order valence-corrected chi connectivity index (χ3v) is 3.23. The highest BCUT2D eigenvalue weighted by Crippen LogP contribution is 2.23. The summed E-state index contributed by atoms with van der Waals surface area (Å²) < 4.78 is 22.7. The number of primary sulfonamides is 1. The van der Waals surface area contributed by atoms with Gasteiger partial charge in [0.25, 0.3) is 0 Å². The quantitative estimate of drug-likeness (QED) is 0.841. The second-order valence-electron chi connectivity index (χ2n) is 3.19. The molecular formula is C10H16N2O2S. The molecule has 15 heavy (non-hydrogen) atoms. The van der Waals surface area contributed by atoms with E-state index in [0.717, 1.165) is 13.1 Å². The summed E-state index contributed by atoms with van der Waals surface area (Å²) >= 11 is 0. The molecule has 1 rings (SSSR count). The Morgan fingerprint density at radius 2 is 1.73 bits per heavy atom. The van der Waals surface area contributed by atoms with Gasteiger partial charge in [0, 0.05) is 13.1 Å². The van der Waals surface area contributed by atoms with Crippen molar-refractivity contribution in [2.75, 3.05) is 18.0 Å². The third kappa shape index (κ3) is 2.70. The highest BCUT2D eigenvalue weighted by atomic mass is 32.2. The summed E-state index contributed by atoms with van der Waals surface area (Å²) in [6, 6.07) is 6.78. The van der Waals surface area contributed by atoms with Gasteiger partial charge in [-0.25, -0.2) is 13.6 Å². The average Bonchev–Trinajstić information content (AvgIpc) is 2.19. The van der Waals surface area contributed by atoms with E-state index >= 15 is 0 Å². The van der Waals surface area contributed by atoms with E-state index in [9.17, 15) is 8.42 Å². The van der Waals surface area contributed by atoms with Crippen LogP contribution in [0.15, 0.2) is 29.2 Å². The third-order valence-electron chi connectivity index (χ3n) is 2.28. The van der Waals surface area contributed by atoms with Crippen molar-refractivity contribution in [3.63, 3.8) is 0 Å². The predicted molar refractivity (Wildman–Crippen MR) is 61.4 cm³/mol. The van der Waals surface area contributed by atoms with E-state index in [2.05, 4.69) is 0 Å². The van der Waals surface area contributed by atoms with Crippen molar-refractivity contribution < 1.29 is 8.42 Å². The van der Waals surface area contributed by atoms with Crippen LogP contribution in [0.1, 0.15) is 13.8 Å². The van der Waals surface area contributed by atoms with Crippen LogP contribution in [-0.2, 0) is 10.0 Å². The first-order valence-corrected chi connectivity index (χ1v) is 6.42. The predicted octanol–water partition coefficient (Wildman–Crippen LogP) is 1.18. The topological polar surface area (TPSA) is 63.4 Å². The smallest absolute Gasteiger partial charge is 0.240 e. The zero-order valence-electron chi connectivity index (χ0n) is 8.97. The van der Waals surface area contributed by atoms with Crippen LogP contribution in [0, 0.1) is 0 Å². The number of para-hydroxylation sites is 1. The monoisotopic (exact) mass is 228 g/mol. The summed E-state index contributed by atoms with van der Waals surface area (Å²) in [5, 5.41) is 5.15. The fraction of sp³-hybridized carbons (Fsp3) is 0.400. The average molecular weight is 228 g/mol. The van der Waals surface area contributed by atoms with Gasteiger partial charge in [0.15, 0.2) is 0 Å². The highest BCUT2D eigenvalue weighted by molar-refractivity contribution is 7.89. The first kappa shape index (κ1) is 12.0. The Balaban J connectivity index is 3.29. The zero-order chi connectivity index (χ0) is 11.5. The molecule has 0 aliphatic carbocycles. The second-order valence-corrected chi connectivity index (χ2v) is 4.71. The lowest BCUT2D eigenvalue weighted by atomic mass is 10.3. The van der Waals surface area contributed by atoms with E-state index in [-0.39, 0.29) is 4.90 Å². The van der Waals surface area contributed by atoms with Crippen LogP contribution in [0.5, 0.6) is 0 Å². The number of benzene rings is 1. The minimum absolute atomic E-state index is 0.189. The Morgan fingerprint density at radius 3 is 2.20 bits per heavy atom. The Kier molecular flexibility index (Phi) is 3.71. The van der Waals surface area contributed by atoms with Gasteiger partial charge in [-0.05, 0) is 26.0 Å². The molecule has 1 aromatic carbocycles. The maximum atomic E-state index is 11.3. The highest BCUT2D eigenvalue weighted by Gasteiger charge is 2.15. The molecule has 0 bridgehead atoms. The van der Waals surface area contributed by atoms with Gasteiger partial charge in [-0.2, -0.15) is 0 Å². The van der Waals surface area contributed by atoms with E-state index in [4.69, 9.17) is 5.14 Å². The molecule has 0 saturated heterocycles. The van der Waals surface area contributed by atoms with E-state index < -0.39 is 10.0 Å². The summed E-state index contributed by atoms with van der Waals surface area (Å²) in [5.41, 5.74) is 0.671. The van der Waals surface area contributed by atoms with E-state index in [1.165, 1.54) is 6.07 Å². The lowest BCUT2D eigenvalue weighted by Crippen LogP contribution is -2.25. The van der Waals surface area contributed by atoms with Crippen molar-refractivity contribution in [2.24, 2.45) is 5.14 Å².